The summed E-state index contributed by atoms with van der Waals surface area (Å²) in [5, 5.41) is 3.20. The van der Waals surface area contributed by atoms with Gasteiger partial charge in [-0.25, -0.2) is 9.05 Å². The predicted octanol–water partition coefficient (Wildman–Crippen LogP) is 10.7. The Morgan fingerprint density at radius 3 is 1.36 bits per heavy atom. The Hall–Kier alpha value is -5.55. The molecule has 47 heavy (non-hydrogen) atoms. The number of aryl methyl sites for hydroxylation is 1. The van der Waals surface area contributed by atoms with Crippen LogP contribution in [0.2, 0.25) is 0 Å². The van der Waals surface area contributed by atoms with Crippen LogP contribution in [0.3, 0.4) is 0 Å². The van der Waals surface area contributed by atoms with Crippen molar-refractivity contribution in [1.82, 2.24) is 4.98 Å². The lowest BCUT2D eigenvalue weighted by Crippen LogP contribution is -2.04. The minimum Gasteiger partial charge on any atom is -0.368 e. The molecule has 0 spiro atoms. The van der Waals surface area contributed by atoms with Crippen LogP contribution in [0, 0.1) is 6.92 Å². The SMILES string of the molecule is Cc1ccc(C(Nc2ccccc2)P=O)cn1.O=[P+](Oc1ccccc1)Oc1ccccc1.c1ccc(OOc2ccccc2)cc1. The van der Waals surface area contributed by atoms with E-state index in [0.29, 0.717) is 23.0 Å². The Kier molecular flexibility index (Phi) is 14.4. The molecule has 0 fully saturated rings. The Bertz CT molecular complexity index is 1650. The summed E-state index contributed by atoms with van der Waals surface area (Å²) < 4.78 is 32.9. The van der Waals surface area contributed by atoms with Gasteiger partial charge in [-0.3, -0.25) is 19.3 Å². The van der Waals surface area contributed by atoms with E-state index >= 15 is 0 Å². The first-order valence-corrected chi connectivity index (χ1v) is 16.5. The van der Waals surface area contributed by atoms with Gasteiger partial charge < -0.3 is 5.32 Å². The minimum absolute atomic E-state index is 0.0351. The second-order valence-corrected chi connectivity index (χ2v) is 11.1. The van der Waals surface area contributed by atoms with Crippen molar-refractivity contribution in [3.05, 3.63) is 181 Å². The summed E-state index contributed by atoms with van der Waals surface area (Å²) in [6, 6.07) is 50.2. The summed E-state index contributed by atoms with van der Waals surface area (Å²) in [7, 11) is -2.15. The van der Waals surface area contributed by atoms with Gasteiger partial charge in [0.2, 0.25) is 0 Å². The maximum atomic E-state index is 11.5. The quantitative estimate of drug-likeness (QED) is 0.0831. The summed E-state index contributed by atoms with van der Waals surface area (Å²) in [6.07, 6.45) is 1.75. The summed E-state index contributed by atoms with van der Waals surface area (Å²) in [5.74, 6) is 2.18. The average molecular weight is 664 g/mol. The second-order valence-electron chi connectivity index (χ2n) is 9.58. The molecule has 0 aliphatic heterocycles. The van der Waals surface area contributed by atoms with Gasteiger partial charge >= 0.3 is 8.25 Å². The summed E-state index contributed by atoms with van der Waals surface area (Å²) >= 11 is 0. The van der Waals surface area contributed by atoms with E-state index in [9.17, 15) is 9.13 Å². The zero-order valence-electron chi connectivity index (χ0n) is 25.5. The van der Waals surface area contributed by atoms with Crippen molar-refractivity contribution < 1.29 is 28.0 Å². The minimum atomic E-state index is -2.18. The molecule has 0 saturated carbocycles. The zero-order valence-corrected chi connectivity index (χ0v) is 27.3. The third-order valence-corrected chi connectivity index (χ3v) is 7.36. The van der Waals surface area contributed by atoms with E-state index in [0.717, 1.165) is 16.9 Å². The molecule has 236 valence electrons. The summed E-state index contributed by atoms with van der Waals surface area (Å²) in [4.78, 5) is 14.4. The highest BCUT2D eigenvalue weighted by molar-refractivity contribution is 7.34. The number of nitrogens with zero attached hydrogens (tertiary/aromatic N) is 1. The van der Waals surface area contributed by atoms with Crippen LogP contribution in [0.15, 0.2) is 170 Å². The van der Waals surface area contributed by atoms with E-state index in [-0.39, 0.29) is 14.2 Å². The van der Waals surface area contributed by atoms with E-state index in [1.54, 1.807) is 54.7 Å². The molecule has 0 aliphatic rings. The Labute approximate surface area is 277 Å². The molecule has 0 aliphatic carbocycles. The van der Waals surface area contributed by atoms with E-state index < -0.39 is 8.25 Å². The molecule has 1 N–H and O–H groups in total. The van der Waals surface area contributed by atoms with E-state index in [4.69, 9.17) is 18.8 Å². The molecule has 1 unspecified atom stereocenters. The van der Waals surface area contributed by atoms with Gasteiger partial charge in [-0.15, -0.1) is 0 Å². The van der Waals surface area contributed by atoms with Crippen LogP contribution in [0.1, 0.15) is 17.0 Å². The monoisotopic (exact) mass is 663 g/mol. The fourth-order valence-electron chi connectivity index (χ4n) is 3.71. The molecular weight excluding hydrogens is 630 g/mol. The Morgan fingerprint density at radius 2 is 0.979 bits per heavy atom. The fraction of sp³-hybridized carbons (Fsp3) is 0.0541. The molecule has 6 aromatic rings. The lowest BCUT2D eigenvalue weighted by Gasteiger charge is -2.13. The lowest BCUT2D eigenvalue weighted by molar-refractivity contribution is -0.0999. The van der Waals surface area contributed by atoms with Crippen molar-refractivity contribution in [1.29, 1.82) is 0 Å². The topological polar surface area (TPSA) is 96.0 Å². The van der Waals surface area contributed by atoms with Crippen molar-refractivity contribution in [3.8, 4) is 23.0 Å². The largest absolute Gasteiger partial charge is 0.805 e. The zero-order chi connectivity index (χ0) is 32.9. The first-order valence-electron chi connectivity index (χ1n) is 14.5. The first-order chi connectivity index (χ1) is 23.1. The number of pyridine rings is 1. The number of hydrogen-bond acceptors (Lipinski definition) is 8. The molecule has 0 saturated heterocycles. The highest BCUT2D eigenvalue weighted by Crippen LogP contribution is 2.30. The number of aromatic nitrogens is 1. The van der Waals surface area contributed by atoms with E-state index in [2.05, 4.69) is 10.3 Å². The molecule has 1 aromatic heterocycles. The highest BCUT2D eigenvalue weighted by atomic mass is 31.1. The van der Waals surface area contributed by atoms with Crippen molar-refractivity contribution in [2.45, 2.75) is 12.7 Å². The standard InChI is InChI=1S/C13H13N2OP.C12H10O3P.C12H10O2/c1-10-7-8-11(9-14-10)13(17-16)15-12-5-3-2-4-6-12;13-16(14-11-7-3-1-4-8-11)15-12-9-5-2-6-10-12;1-3-7-11(8-4-1)13-14-12-9-5-2-6-10-12/h2-9,13,15H,1H3;1-10H;1-10H/q;+1;. The fourth-order valence-corrected chi connectivity index (χ4v) is 4.81. The van der Waals surface area contributed by atoms with Gasteiger partial charge in [0, 0.05) is 27.7 Å². The van der Waals surface area contributed by atoms with Crippen molar-refractivity contribution >= 4 is 22.4 Å². The Balaban J connectivity index is 0.000000160. The van der Waals surface area contributed by atoms with Crippen LogP contribution >= 0.6 is 16.7 Å². The van der Waals surface area contributed by atoms with E-state index in [1.807, 2.05) is 122 Å². The number of anilines is 1. The molecule has 0 bridgehead atoms. The van der Waals surface area contributed by atoms with Gasteiger partial charge in [0.25, 0.3) is 0 Å². The molecule has 10 heteroatoms. The van der Waals surface area contributed by atoms with Gasteiger partial charge in [-0.2, -0.15) is 0 Å². The van der Waals surface area contributed by atoms with Crippen LogP contribution in [0.25, 0.3) is 0 Å². The van der Waals surface area contributed by atoms with Crippen LogP contribution in [0.4, 0.5) is 5.69 Å². The molecular formula is C37H33N2O6P2+. The maximum absolute atomic E-state index is 11.5. The van der Waals surface area contributed by atoms with Crippen LogP contribution in [-0.4, -0.2) is 4.98 Å². The van der Waals surface area contributed by atoms with Gasteiger partial charge in [-0.05, 0) is 73.7 Å². The van der Waals surface area contributed by atoms with Gasteiger partial charge in [0.05, 0.1) is 0 Å². The molecule has 1 atom stereocenters. The third-order valence-electron chi connectivity index (χ3n) is 6.00. The predicted molar refractivity (Wildman–Crippen MR) is 185 cm³/mol. The number of nitrogens with one attached hydrogen (secondary N) is 1. The third kappa shape index (κ3) is 13.1. The molecule has 0 amide bonds. The highest BCUT2D eigenvalue weighted by Gasteiger charge is 2.23. The van der Waals surface area contributed by atoms with Crippen LogP contribution < -0.4 is 24.1 Å². The summed E-state index contributed by atoms with van der Waals surface area (Å²) in [5.41, 5.74) is 2.81. The average Bonchev–Trinajstić information content (AvgIpc) is 3.13. The molecule has 6 rings (SSSR count). The molecule has 1 heterocycles. The van der Waals surface area contributed by atoms with Crippen molar-refractivity contribution in [2.75, 3.05) is 5.32 Å². The number of rotatable bonds is 11. The maximum Gasteiger partial charge on any atom is 0.805 e. The summed E-state index contributed by atoms with van der Waals surface area (Å²) in [6.45, 7) is 1.93. The molecule has 5 aromatic carbocycles. The first kappa shape index (κ1) is 34.3. The second kappa shape index (κ2) is 19.8. The van der Waals surface area contributed by atoms with Gasteiger partial charge in [0.1, 0.15) is 5.78 Å². The van der Waals surface area contributed by atoms with E-state index in [1.165, 1.54) is 0 Å². The van der Waals surface area contributed by atoms with Crippen LogP contribution in [-0.2, 0) is 9.13 Å². The molecule has 0 radical (unpaired) electrons. The number of para-hydroxylation sites is 5. The lowest BCUT2D eigenvalue weighted by atomic mass is 10.2. The number of hydrogen-bond donors (Lipinski definition) is 1. The number of benzene rings is 5. The normalized spacial score (nSPS) is 10.5. The van der Waals surface area contributed by atoms with Crippen molar-refractivity contribution in [3.63, 3.8) is 0 Å². The smallest absolute Gasteiger partial charge is 0.368 e. The van der Waals surface area contributed by atoms with Crippen molar-refractivity contribution in [2.24, 2.45) is 0 Å². The van der Waals surface area contributed by atoms with Gasteiger partial charge in [0.15, 0.2) is 31.5 Å². The van der Waals surface area contributed by atoms with Crippen LogP contribution in [0.5, 0.6) is 23.0 Å². The van der Waals surface area contributed by atoms with Gasteiger partial charge in [-0.1, -0.05) is 97.1 Å². The molecule has 8 nitrogen and oxygen atoms in total. The Morgan fingerprint density at radius 1 is 0.574 bits per heavy atom.